The van der Waals surface area contributed by atoms with Crippen molar-refractivity contribution >= 4 is 11.6 Å². The molecule has 0 aromatic heterocycles. The highest BCUT2D eigenvalue weighted by molar-refractivity contribution is 6.31. The molecule has 58 valence electrons. The van der Waals surface area contributed by atoms with E-state index in [-0.39, 0.29) is 10.8 Å². The zero-order valence-electron chi connectivity index (χ0n) is 6.13. The lowest BCUT2D eigenvalue weighted by Gasteiger charge is -1.91. The number of halogens is 1. The van der Waals surface area contributed by atoms with Crippen molar-refractivity contribution in [3.8, 4) is 6.07 Å². The maximum absolute atomic E-state index is 8.89. The Bertz CT molecular complexity index is 258. The van der Waals surface area contributed by atoms with Gasteiger partial charge < -0.3 is 5.11 Å². The molecule has 0 unspecified atom stereocenters. The Labute approximate surface area is 70.7 Å². The predicted octanol–water partition coefficient (Wildman–Crippen LogP) is 2.65. The number of allylic oxidation sites excluding steroid dienone is 4. The fourth-order valence-electron chi connectivity index (χ4n) is 0.350. The lowest BCUT2D eigenvalue weighted by atomic mass is 10.3. The van der Waals surface area contributed by atoms with Crippen LogP contribution in [0.1, 0.15) is 6.92 Å². The first kappa shape index (κ1) is 9.80. The normalized spacial score (nSPS) is 13.4. The molecule has 0 radical (unpaired) electrons. The van der Waals surface area contributed by atoms with Crippen LogP contribution in [-0.4, -0.2) is 5.11 Å². The molecule has 0 rings (SSSR count). The van der Waals surface area contributed by atoms with E-state index >= 15 is 0 Å². The highest BCUT2D eigenvalue weighted by Crippen LogP contribution is 2.11. The van der Waals surface area contributed by atoms with E-state index in [2.05, 4.69) is 6.58 Å². The molecule has 0 fully saturated rings. The van der Waals surface area contributed by atoms with Gasteiger partial charge in [0.25, 0.3) is 0 Å². The quantitative estimate of drug-likeness (QED) is 0.392. The molecule has 0 amide bonds. The van der Waals surface area contributed by atoms with Gasteiger partial charge in [0.1, 0.15) is 5.76 Å². The molecule has 0 bridgehead atoms. The number of rotatable bonds is 2. The second-order valence-corrected chi connectivity index (χ2v) is 2.27. The van der Waals surface area contributed by atoms with Gasteiger partial charge in [0.05, 0.1) is 11.1 Å². The predicted molar refractivity (Wildman–Crippen MR) is 45.1 cm³/mol. The average Bonchev–Trinajstić information content (AvgIpc) is 2.02. The summed E-state index contributed by atoms with van der Waals surface area (Å²) in [5.41, 5.74) is 0.361. The van der Waals surface area contributed by atoms with Crippen LogP contribution in [0, 0.1) is 11.3 Å². The highest BCUT2D eigenvalue weighted by atomic mass is 35.5. The number of hydrogen-bond donors (Lipinski definition) is 1. The largest absolute Gasteiger partial charge is 0.508 e. The Morgan fingerprint density at radius 2 is 2.27 bits per heavy atom. The van der Waals surface area contributed by atoms with Crippen molar-refractivity contribution in [3.63, 3.8) is 0 Å². The minimum Gasteiger partial charge on any atom is -0.508 e. The zero-order chi connectivity index (χ0) is 8.85. The van der Waals surface area contributed by atoms with E-state index in [0.717, 1.165) is 0 Å². The Balaban J connectivity index is 4.67. The molecule has 0 aliphatic rings. The summed E-state index contributed by atoms with van der Waals surface area (Å²) >= 11 is 5.58. The van der Waals surface area contributed by atoms with Crippen LogP contribution in [0.3, 0.4) is 0 Å². The third-order valence-corrected chi connectivity index (χ3v) is 1.40. The molecule has 0 atom stereocenters. The molecule has 0 aliphatic carbocycles. The van der Waals surface area contributed by atoms with E-state index in [1.807, 2.05) is 6.07 Å². The van der Waals surface area contributed by atoms with Crippen molar-refractivity contribution in [2.75, 3.05) is 0 Å². The summed E-state index contributed by atoms with van der Waals surface area (Å²) in [5.74, 6) is -0.0513. The van der Waals surface area contributed by atoms with Gasteiger partial charge in [-0.3, -0.25) is 0 Å². The van der Waals surface area contributed by atoms with Crippen LogP contribution >= 0.6 is 11.6 Å². The van der Waals surface area contributed by atoms with Crippen molar-refractivity contribution in [1.29, 1.82) is 5.26 Å². The zero-order valence-corrected chi connectivity index (χ0v) is 6.89. The molecule has 0 aromatic rings. The molecule has 0 aromatic carbocycles. The molecule has 2 nitrogen and oxygen atoms in total. The summed E-state index contributed by atoms with van der Waals surface area (Å²) in [5, 5.41) is 17.5. The Kier molecular flexibility index (Phi) is 4.09. The number of nitrogens with zero attached hydrogens (tertiary/aromatic N) is 1. The summed E-state index contributed by atoms with van der Waals surface area (Å²) in [6.07, 6.45) is 2.51. The number of aliphatic hydroxyl groups excluding tert-OH is 1. The van der Waals surface area contributed by atoms with Crippen LogP contribution in [0.5, 0.6) is 0 Å². The van der Waals surface area contributed by atoms with Crippen LogP contribution in [0.25, 0.3) is 0 Å². The second kappa shape index (κ2) is 4.59. The molecular formula is C8H8ClNO. The van der Waals surface area contributed by atoms with Crippen molar-refractivity contribution in [2.24, 2.45) is 0 Å². The smallest absolute Gasteiger partial charge is 0.116 e. The Morgan fingerprint density at radius 1 is 1.73 bits per heavy atom. The summed E-state index contributed by atoms with van der Waals surface area (Å²) in [7, 11) is 0. The summed E-state index contributed by atoms with van der Waals surface area (Å²) < 4.78 is 0. The number of hydrogen-bond acceptors (Lipinski definition) is 2. The van der Waals surface area contributed by atoms with E-state index in [4.69, 9.17) is 22.0 Å². The molecular weight excluding hydrogens is 162 g/mol. The van der Waals surface area contributed by atoms with Crippen molar-refractivity contribution < 1.29 is 5.11 Å². The number of aliphatic hydroxyl groups is 1. The fraction of sp³-hybridized carbons (Fsp3) is 0.125. The van der Waals surface area contributed by atoms with E-state index in [0.29, 0.717) is 5.57 Å². The third-order valence-electron chi connectivity index (χ3n) is 1.01. The maximum atomic E-state index is 8.89. The first-order valence-corrected chi connectivity index (χ1v) is 3.29. The van der Waals surface area contributed by atoms with Crippen LogP contribution in [-0.2, 0) is 0 Å². The lowest BCUT2D eigenvalue weighted by Crippen LogP contribution is -1.77. The van der Waals surface area contributed by atoms with E-state index in [9.17, 15) is 0 Å². The van der Waals surface area contributed by atoms with Crippen LogP contribution in [0.2, 0.25) is 0 Å². The highest BCUT2D eigenvalue weighted by Gasteiger charge is 1.94. The molecule has 3 heteroatoms. The molecule has 0 aliphatic heterocycles. The lowest BCUT2D eigenvalue weighted by molar-refractivity contribution is 0.433. The Morgan fingerprint density at radius 3 is 2.64 bits per heavy atom. The molecule has 0 spiro atoms. The van der Waals surface area contributed by atoms with Crippen LogP contribution in [0.4, 0.5) is 0 Å². The molecule has 0 saturated heterocycles. The van der Waals surface area contributed by atoms with Gasteiger partial charge in [-0.1, -0.05) is 18.2 Å². The molecule has 11 heavy (non-hydrogen) atoms. The first-order chi connectivity index (χ1) is 5.11. The van der Waals surface area contributed by atoms with Gasteiger partial charge in [0.2, 0.25) is 0 Å². The molecule has 0 heterocycles. The van der Waals surface area contributed by atoms with Crippen molar-refractivity contribution in [3.05, 3.63) is 35.1 Å². The van der Waals surface area contributed by atoms with Gasteiger partial charge in [0, 0.05) is 5.57 Å². The number of nitriles is 1. The van der Waals surface area contributed by atoms with Gasteiger partial charge in [-0.2, -0.15) is 5.26 Å². The van der Waals surface area contributed by atoms with E-state index < -0.39 is 0 Å². The topological polar surface area (TPSA) is 44.0 Å². The standard InChI is InChI=1S/C8H8ClNO/c1-3-7(11)4-8(9)6(2)5-10/h3-4,11H,1H2,2H3/b7-4+,8-6-. The monoisotopic (exact) mass is 169 g/mol. The summed E-state index contributed by atoms with van der Waals surface area (Å²) in [6, 6.07) is 1.85. The summed E-state index contributed by atoms with van der Waals surface area (Å²) in [6.45, 7) is 4.88. The maximum Gasteiger partial charge on any atom is 0.116 e. The fourth-order valence-corrected chi connectivity index (χ4v) is 0.504. The first-order valence-electron chi connectivity index (χ1n) is 2.91. The SMILES string of the molecule is C=C/C(O)=C\C(Cl)=C(/C)C#N. The van der Waals surface area contributed by atoms with Gasteiger partial charge >= 0.3 is 0 Å². The van der Waals surface area contributed by atoms with Crippen LogP contribution in [0.15, 0.2) is 35.1 Å². The van der Waals surface area contributed by atoms with Crippen LogP contribution < -0.4 is 0 Å². The van der Waals surface area contributed by atoms with E-state index in [1.54, 1.807) is 6.92 Å². The minimum absolute atomic E-state index is 0.0513. The van der Waals surface area contributed by atoms with Crippen molar-refractivity contribution in [2.45, 2.75) is 6.92 Å². The van der Waals surface area contributed by atoms with Crippen molar-refractivity contribution in [1.82, 2.24) is 0 Å². The Hall–Kier alpha value is -1.20. The molecule has 1 N–H and O–H groups in total. The van der Waals surface area contributed by atoms with Gasteiger partial charge in [-0.05, 0) is 19.1 Å². The average molecular weight is 170 g/mol. The third kappa shape index (κ3) is 3.49. The van der Waals surface area contributed by atoms with Gasteiger partial charge in [-0.15, -0.1) is 0 Å². The van der Waals surface area contributed by atoms with E-state index in [1.165, 1.54) is 12.2 Å². The van der Waals surface area contributed by atoms with Gasteiger partial charge in [0.15, 0.2) is 0 Å². The second-order valence-electron chi connectivity index (χ2n) is 1.86. The summed E-state index contributed by atoms with van der Waals surface area (Å²) in [4.78, 5) is 0. The minimum atomic E-state index is -0.0513. The molecule has 0 saturated carbocycles. The van der Waals surface area contributed by atoms with Gasteiger partial charge in [-0.25, -0.2) is 0 Å².